The smallest absolute Gasteiger partial charge is 0.134 e. The molecule has 0 spiro atoms. The molecular weight excluding hydrogens is 232 g/mol. The Morgan fingerprint density at radius 3 is 2.76 bits per heavy atom. The summed E-state index contributed by atoms with van der Waals surface area (Å²) in [5.74, 6) is 1.34. The minimum absolute atomic E-state index is 0.518. The molecule has 2 nitrogen and oxygen atoms in total. The number of fused-ring (bicyclic) bond motifs is 1. The van der Waals surface area contributed by atoms with E-state index in [1.165, 1.54) is 5.56 Å². The van der Waals surface area contributed by atoms with E-state index in [0.29, 0.717) is 16.8 Å². The molecule has 1 atom stereocenters. The zero-order valence-corrected chi connectivity index (χ0v) is 11.3. The van der Waals surface area contributed by atoms with Crippen LogP contribution in [0.5, 0.6) is 0 Å². The number of hydrogen-bond donors (Lipinski definition) is 1. The number of aryl methyl sites for hydroxylation is 1. The van der Waals surface area contributed by atoms with Crippen LogP contribution in [0.1, 0.15) is 31.3 Å². The zero-order valence-electron chi connectivity index (χ0n) is 10.4. The van der Waals surface area contributed by atoms with Crippen LogP contribution in [0.4, 0.5) is 0 Å². The van der Waals surface area contributed by atoms with Crippen molar-refractivity contribution < 1.29 is 9.52 Å². The van der Waals surface area contributed by atoms with E-state index in [2.05, 4.69) is 26.8 Å². The number of thioether (sulfide) groups is 1. The maximum Gasteiger partial charge on any atom is 0.134 e. The van der Waals surface area contributed by atoms with Gasteiger partial charge < -0.3 is 9.52 Å². The van der Waals surface area contributed by atoms with Gasteiger partial charge in [-0.2, -0.15) is 11.8 Å². The summed E-state index contributed by atoms with van der Waals surface area (Å²) in [7, 11) is 0. The standard InChI is InChI=1S/C14H18O2S/c1-9(2)17-8-12(15)14-7-11-6-10(3)4-5-13(11)16-14/h4-7,9,12,15H,8H2,1-3H3. The predicted molar refractivity (Wildman–Crippen MR) is 73.5 cm³/mol. The summed E-state index contributed by atoms with van der Waals surface area (Å²) in [5.41, 5.74) is 2.05. The lowest BCUT2D eigenvalue weighted by molar-refractivity contribution is 0.176. The lowest BCUT2D eigenvalue weighted by Crippen LogP contribution is -2.01. The molecule has 3 heteroatoms. The van der Waals surface area contributed by atoms with Crippen LogP contribution >= 0.6 is 11.8 Å². The number of furan rings is 1. The van der Waals surface area contributed by atoms with Gasteiger partial charge in [-0.3, -0.25) is 0 Å². The molecular formula is C14H18O2S. The molecule has 1 heterocycles. The monoisotopic (exact) mass is 250 g/mol. The Morgan fingerprint density at radius 2 is 2.06 bits per heavy atom. The van der Waals surface area contributed by atoms with Gasteiger partial charge in [0.2, 0.25) is 0 Å². The van der Waals surface area contributed by atoms with Crippen molar-refractivity contribution in [1.82, 2.24) is 0 Å². The first-order valence-corrected chi connectivity index (χ1v) is 6.91. The summed E-state index contributed by atoms with van der Waals surface area (Å²) in [6.07, 6.45) is -0.518. The maximum absolute atomic E-state index is 10.0. The highest BCUT2D eigenvalue weighted by Crippen LogP contribution is 2.27. The van der Waals surface area contributed by atoms with Crippen molar-refractivity contribution in [3.8, 4) is 0 Å². The predicted octanol–water partition coefficient (Wildman–Crippen LogP) is 3.92. The molecule has 1 aromatic heterocycles. The van der Waals surface area contributed by atoms with Crippen LogP contribution in [-0.2, 0) is 0 Å². The first-order valence-electron chi connectivity index (χ1n) is 5.86. The Kier molecular flexibility index (Phi) is 3.79. The van der Waals surface area contributed by atoms with Gasteiger partial charge >= 0.3 is 0 Å². The summed E-state index contributed by atoms with van der Waals surface area (Å²) in [5, 5.41) is 11.6. The first kappa shape index (κ1) is 12.5. The summed E-state index contributed by atoms with van der Waals surface area (Å²) in [6.45, 7) is 6.30. The van der Waals surface area contributed by atoms with Gasteiger partial charge in [0.15, 0.2) is 0 Å². The molecule has 0 aliphatic rings. The van der Waals surface area contributed by atoms with E-state index in [0.717, 1.165) is 11.0 Å². The molecule has 2 aromatic rings. The van der Waals surface area contributed by atoms with E-state index >= 15 is 0 Å². The lowest BCUT2D eigenvalue weighted by Gasteiger charge is -2.08. The van der Waals surface area contributed by atoms with Gasteiger partial charge in [0.05, 0.1) is 0 Å². The molecule has 0 bridgehead atoms. The fraction of sp³-hybridized carbons (Fsp3) is 0.429. The highest BCUT2D eigenvalue weighted by Gasteiger charge is 2.14. The second-order valence-electron chi connectivity index (χ2n) is 4.59. The molecule has 17 heavy (non-hydrogen) atoms. The molecule has 0 radical (unpaired) electrons. The molecule has 0 saturated carbocycles. The number of rotatable bonds is 4. The van der Waals surface area contributed by atoms with Crippen LogP contribution in [0.15, 0.2) is 28.7 Å². The normalized spacial score (nSPS) is 13.5. The Morgan fingerprint density at radius 1 is 1.29 bits per heavy atom. The van der Waals surface area contributed by atoms with Crippen molar-refractivity contribution in [2.75, 3.05) is 5.75 Å². The van der Waals surface area contributed by atoms with Crippen LogP contribution < -0.4 is 0 Å². The van der Waals surface area contributed by atoms with Crippen molar-refractivity contribution in [3.63, 3.8) is 0 Å². The van der Waals surface area contributed by atoms with Crippen LogP contribution in [0.25, 0.3) is 11.0 Å². The van der Waals surface area contributed by atoms with E-state index in [1.54, 1.807) is 11.8 Å². The summed E-state index contributed by atoms with van der Waals surface area (Å²) < 4.78 is 5.65. The maximum atomic E-state index is 10.0. The number of hydrogen-bond acceptors (Lipinski definition) is 3. The van der Waals surface area contributed by atoms with Crippen molar-refractivity contribution in [2.45, 2.75) is 32.1 Å². The van der Waals surface area contributed by atoms with Crippen molar-refractivity contribution >= 4 is 22.7 Å². The second kappa shape index (κ2) is 5.15. The number of benzene rings is 1. The molecule has 0 fully saturated rings. The van der Waals surface area contributed by atoms with Gasteiger partial charge in [0, 0.05) is 11.1 Å². The average Bonchev–Trinajstić information content (AvgIpc) is 2.68. The van der Waals surface area contributed by atoms with Crippen LogP contribution in [-0.4, -0.2) is 16.1 Å². The van der Waals surface area contributed by atoms with Crippen LogP contribution in [0.3, 0.4) is 0 Å². The molecule has 1 N–H and O–H groups in total. The van der Waals surface area contributed by atoms with Gasteiger partial charge in [-0.1, -0.05) is 25.5 Å². The van der Waals surface area contributed by atoms with E-state index in [-0.39, 0.29) is 0 Å². The Labute approximate surface area is 106 Å². The van der Waals surface area contributed by atoms with Crippen LogP contribution in [0, 0.1) is 6.92 Å². The minimum atomic E-state index is -0.518. The summed E-state index contributed by atoms with van der Waals surface area (Å²) in [6, 6.07) is 7.99. The third-order valence-electron chi connectivity index (χ3n) is 2.61. The van der Waals surface area contributed by atoms with Gasteiger partial charge in [-0.15, -0.1) is 0 Å². The third-order valence-corrected chi connectivity index (χ3v) is 3.78. The highest BCUT2D eigenvalue weighted by molar-refractivity contribution is 7.99. The van der Waals surface area contributed by atoms with Gasteiger partial charge in [-0.05, 0) is 30.4 Å². The Hall–Kier alpha value is -0.930. The average molecular weight is 250 g/mol. The fourth-order valence-electron chi connectivity index (χ4n) is 1.71. The summed E-state index contributed by atoms with van der Waals surface area (Å²) >= 11 is 1.74. The SMILES string of the molecule is Cc1ccc2oc(C(O)CSC(C)C)cc2c1. The van der Waals surface area contributed by atoms with E-state index < -0.39 is 6.10 Å². The van der Waals surface area contributed by atoms with Gasteiger partial charge in [-0.25, -0.2) is 0 Å². The lowest BCUT2D eigenvalue weighted by atomic mass is 10.2. The van der Waals surface area contributed by atoms with Crippen LogP contribution in [0.2, 0.25) is 0 Å². The molecule has 1 unspecified atom stereocenters. The molecule has 0 aliphatic heterocycles. The third kappa shape index (κ3) is 3.05. The molecule has 1 aromatic carbocycles. The molecule has 0 saturated heterocycles. The fourth-order valence-corrected chi connectivity index (χ4v) is 2.44. The zero-order chi connectivity index (χ0) is 12.4. The van der Waals surface area contributed by atoms with Gasteiger partial charge in [0.1, 0.15) is 17.4 Å². The molecule has 92 valence electrons. The van der Waals surface area contributed by atoms with Crippen molar-refractivity contribution in [1.29, 1.82) is 0 Å². The molecule has 2 rings (SSSR count). The largest absolute Gasteiger partial charge is 0.458 e. The van der Waals surface area contributed by atoms with E-state index in [9.17, 15) is 5.11 Å². The number of aliphatic hydroxyl groups excluding tert-OH is 1. The topological polar surface area (TPSA) is 33.4 Å². The van der Waals surface area contributed by atoms with E-state index in [4.69, 9.17) is 4.42 Å². The van der Waals surface area contributed by atoms with Gasteiger partial charge in [0.25, 0.3) is 0 Å². The Bertz CT molecular complexity index is 502. The quantitative estimate of drug-likeness (QED) is 0.893. The molecule has 0 aliphatic carbocycles. The van der Waals surface area contributed by atoms with E-state index in [1.807, 2.05) is 18.2 Å². The van der Waals surface area contributed by atoms with Crippen molar-refractivity contribution in [3.05, 3.63) is 35.6 Å². The summed E-state index contributed by atoms with van der Waals surface area (Å²) in [4.78, 5) is 0. The minimum Gasteiger partial charge on any atom is -0.458 e. The second-order valence-corrected chi connectivity index (χ2v) is 6.20. The Balaban J connectivity index is 2.18. The highest BCUT2D eigenvalue weighted by atomic mass is 32.2. The first-order chi connectivity index (χ1) is 8.06. The van der Waals surface area contributed by atoms with Crippen molar-refractivity contribution in [2.24, 2.45) is 0 Å². The number of aliphatic hydroxyl groups is 1. The molecule has 0 amide bonds.